The van der Waals surface area contributed by atoms with Gasteiger partial charge in [-0.1, -0.05) is 90.6 Å². The maximum Gasteiger partial charge on any atom is 0.119 e. The van der Waals surface area contributed by atoms with Gasteiger partial charge in [0.2, 0.25) is 0 Å². The lowest BCUT2D eigenvalue weighted by molar-refractivity contribution is 0.415. The van der Waals surface area contributed by atoms with E-state index < -0.39 is 5.41 Å². The van der Waals surface area contributed by atoms with Crippen LogP contribution in [0, 0.1) is 0 Å². The summed E-state index contributed by atoms with van der Waals surface area (Å²) in [7, 11) is 3.50. The molecule has 3 aliphatic rings. The van der Waals surface area contributed by atoms with Gasteiger partial charge in [-0.15, -0.1) is 0 Å². The Morgan fingerprint density at radius 2 is 0.919 bits per heavy atom. The number of rotatable bonds is 10. The molecule has 0 bridgehead atoms. The molecule has 2 aromatic heterocycles. The van der Waals surface area contributed by atoms with Gasteiger partial charge in [-0.05, 0) is 187 Å². The highest BCUT2D eigenvalue weighted by Gasteiger charge is 2.51. The average Bonchev–Trinajstić information content (AvgIpc) is 4.06. The molecule has 11 aromatic rings. The Hall–Kier alpha value is -8.39. The van der Waals surface area contributed by atoms with Crippen LogP contribution in [-0.2, 0) is 18.5 Å². The van der Waals surface area contributed by atoms with Gasteiger partial charge >= 0.3 is 0 Å². The number of aromatic nitrogens is 2. The molecule has 74 heavy (non-hydrogen) atoms. The Morgan fingerprint density at radius 3 is 1.43 bits per heavy atom. The molecule has 7 heteroatoms. The van der Waals surface area contributed by atoms with Crippen molar-refractivity contribution in [3.05, 3.63) is 234 Å². The smallest absolute Gasteiger partial charge is 0.119 e. The Bertz CT molecular complexity index is 4100. The van der Waals surface area contributed by atoms with Crippen LogP contribution in [-0.4, -0.2) is 23.4 Å². The summed E-state index contributed by atoms with van der Waals surface area (Å²) in [6.45, 7) is 6.19. The zero-order chi connectivity index (χ0) is 49.7. The molecule has 6 nitrogen and oxygen atoms in total. The van der Waals surface area contributed by atoms with Crippen molar-refractivity contribution in [2.75, 3.05) is 24.0 Å². The predicted molar refractivity (Wildman–Crippen MR) is 308 cm³/mol. The third kappa shape index (κ3) is 6.52. The van der Waals surface area contributed by atoms with Crippen molar-refractivity contribution in [2.24, 2.45) is 0 Å². The molecule has 14 rings (SSSR count). The summed E-state index contributed by atoms with van der Waals surface area (Å²) in [4.78, 5) is 7.52. The number of anilines is 5. The normalized spacial score (nSPS) is 14.0. The molecule has 360 valence electrons. The fourth-order valence-corrected chi connectivity index (χ4v) is 14.0. The monoisotopic (exact) mass is 978 g/mol. The van der Waals surface area contributed by atoms with Crippen LogP contribution in [0.5, 0.6) is 11.5 Å². The minimum Gasteiger partial charge on any atom is -0.497 e. The lowest BCUT2D eigenvalue weighted by Crippen LogP contribution is -2.32. The van der Waals surface area contributed by atoms with Gasteiger partial charge in [-0.2, -0.15) is 0 Å². The van der Waals surface area contributed by atoms with Crippen molar-refractivity contribution in [3.63, 3.8) is 0 Å². The summed E-state index contributed by atoms with van der Waals surface area (Å²) in [5.74, 6) is 1.72. The van der Waals surface area contributed by atoms with E-state index in [4.69, 9.17) is 9.47 Å². The Balaban J connectivity index is 1.01. The van der Waals surface area contributed by atoms with Gasteiger partial charge in [-0.25, -0.2) is 0 Å². The number of fused-ring (bicyclic) bond motifs is 15. The molecule has 0 N–H and O–H groups in total. The first-order valence-electron chi connectivity index (χ1n) is 25.9. The first-order valence-corrected chi connectivity index (χ1v) is 26.7. The van der Waals surface area contributed by atoms with E-state index in [0.717, 1.165) is 65.9 Å². The summed E-state index contributed by atoms with van der Waals surface area (Å²) in [5.41, 5.74) is 18.8. The van der Waals surface area contributed by atoms with E-state index in [0.29, 0.717) is 0 Å². The highest BCUT2D eigenvalue weighted by atomic mass is 32.2. The van der Waals surface area contributed by atoms with Gasteiger partial charge in [0.1, 0.15) is 11.5 Å². The van der Waals surface area contributed by atoms with Gasteiger partial charge in [0.15, 0.2) is 0 Å². The van der Waals surface area contributed by atoms with E-state index in [1.807, 2.05) is 11.8 Å². The lowest BCUT2D eigenvalue weighted by atomic mass is 9.67. The molecule has 0 amide bonds. The van der Waals surface area contributed by atoms with Crippen molar-refractivity contribution < 1.29 is 9.47 Å². The number of benzene rings is 9. The van der Waals surface area contributed by atoms with Crippen LogP contribution in [0.25, 0.3) is 54.7 Å². The number of ether oxygens (including phenoxy) is 2. The van der Waals surface area contributed by atoms with Gasteiger partial charge in [0, 0.05) is 101 Å². The second-order valence-electron chi connectivity index (χ2n) is 19.6. The van der Waals surface area contributed by atoms with Gasteiger partial charge in [0.25, 0.3) is 0 Å². The van der Waals surface area contributed by atoms with E-state index >= 15 is 0 Å². The largest absolute Gasteiger partial charge is 0.497 e. The van der Waals surface area contributed by atoms with E-state index in [-0.39, 0.29) is 0 Å². The summed E-state index contributed by atoms with van der Waals surface area (Å²) in [5, 5.41) is 4.81. The highest BCUT2D eigenvalue weighted by Crippen LogP contribution is 2.63. The Labute approximate surface area is 436 Å². The van der Waals surface area contributed by atoms with Crippen LogP contribution < -0.4 is 19.3 Å². The number of hydrogen-bond acceptors (Lipinski definition) is 5. The maximum absolute atomic E-state index is 5.79. The van der Waals surface area contributed by atoms with E-state index in [2.05, 4.69) is 239 Å². The van der Waals surface area contributed by atoms with Crippen LogP contribution >= 0.6 is 11.8 Å². The summed E-state index contributed by atoms with van der Waals surface area (Å²) in [6.07, 6.45) is 8.73. The number of aryl methyl sites for hydroxylation is 2. The standard InChI is InChI=1S/C67H54N4O2S/c1-5-68-61-33-27-45(37-53(61)55-41-49(72-3)29-35-63(55)68)70(43-17-9-7-10-18-43)47-25-31-51-52-32-26-48(40-60(52)67(59(51)39-47)57-21-13-15-23-65(57)74-66-24-16-14-22-58(66)67)71(44-19-11-8-12-20-44)46-28-34-62-54(38-46)56-42-50(73-4)30-36-64(56)69(62)6-2/h7-11,13-19,21-42H,5-6,12,20H2,1-4H3. The van der Waals surface area contributed by atoms with Crippen LogP contribution in [0.3, 0.4) is 0 Å². The SMILES string of the molecule is CCn1c2ccc(OC)cc2c2cc(N(C3=CC=CCC3)c3ccc4c(c3)C3(c5ccccc5Sc5ccccc53)c3cc(N(c5ccccc5)c5ccc6c(c5)c5cc(OC)ccc5n6CC)ccc3-4)ccc21. The molecule has 0 saturated heterocycles. The molecule has 2 aliphatic carbocycles. The van der Waals surface area contributed by atoms with Crippen LogP contribution in [0.4, 0.5) is 28.4 Å². The number of nitrogens with zero attached hydrogens (tertiary/aromatic N) is 4. The number of methoxy groups -OCH3 is 2. The van der Waals surface area contributed by atoms with Crippen molar-refractivity contribution in [3.8, 4) is 22.6 Å². The second-order valence-corrected chi connectivity index (χ2v) is 20.7. The van der Waals surface area contributed by atoms with Crippen molar-refractivity contribution in [2.45, 2.75) is 55.0 Å². The van der Waals surface area contributed by atoms with Crippen LogP contribution in [0.2, 0.25) is 0 Å². The molecule has 9 aromatic carbocycles. The molecule has 1 aliphatic heterocycles. The third-order valence-corrected chi connectivity index (χ3v) is 17.1. The zero-order valence-corrected chi connectivity index (χ0v) is 42.8. The minimum absolute atomic E-state index is 0.631. The van der Waals surface area contributed by atoms with Gasteiger partial charge < -0.3 is 28.4 Å². The topological polar surface area (TPSA) is 34.8 Å². The summed E-state index contributed by atoms with van der Waals surface area (Å²) >= 11 is 1.88. The van der Waals surface area contributed by atoms with Crippen molar-refractivity contribution in [1.29, 1.82) is 0 Å². The minimum atomic E-state index is -0.631. The molecule has 0 fully saturated rings. The first-order chi connectivity index (χ1) is 36.5. The van der Waals surface area contributed by atoms with E-state index in [1.165, 1.54) is 92.5 Å². The molecular formula is C67H54N4O2S. The number of para-hydroxylation sites is 1. The predicted octanol–water partition coefficient (Wildman–Crippen LogP) is 17.6. The molecule has 0 unspecified atom stereocenters. The molecule has 0 radical (unpaired) electrons. The van der Waals surface area contributed by atoms with Gasteiger partial charge in [-0.3, -0.25) is 0 Å². The quantitative estimate of drug-likeness (QED) is 0.136. The Kier molecular flexibility index (Phi) is 10.4. The van der Waals surface area contributed by atoms with Gasteiger partial charge in [0.05, 0.1) is 19.6 Å². The zero-order valence-electron chi connectivity index (χ0n) is 42.0. The number of hydrogen-bond donors (Lipinski definition) is 0. The molecule has 1 spiro atoms. The van der Waals surface area contributed by atoms with E-state index in [9.17, 15) is 0 Å². The summed E-state index contributed by atoms with van der Waals surface area (Å²) < 4.78 is 16.4. The fraction of sp³-hybridized carbons (Fsp3) is 0.134. The molecule has 0 atom stereocenters. The molecular weight excluding hydrogens is 925 g/mol. The highest BCUT2D eigenvalue weighted by molar-refractivity contribution is 7.99. The lowest BCUT2D eigenvalue weighted by Gasteiger charge is -2.40. The van der Waals surface area contributed by atoms with Crippen molar-refractivity contribution >= 4 is 83.8 Å². The fourth-order valence-electron chi connectivity index (χ4n) is 12.8. The van der Waals surface area contributed by atoms with E-state index in [1.54, 1.807) is 14.2 Å². The summed E-state index contributed by atoms with van der Waals surface area (Å²) in [6, 6.07) is 70.6. The number of allylic oxidation sites excluding steroid dienone is 4. The second kappa shape index (κ2) is 17.4. The average molecular weight is 979 g/mol. The first kappa shape index (κ1) is 44.3. The van der Waals surface area contributed by atoms with Crippen LogP contribution in [0.15, 0.2) is 222 Å². The van der Waals surface area contributed by atoms with Crippen LogP contribution in [0.1, 0.15) is 48.9 Å². The molecule has 0 saturated carbocycles. The maximum atomic E-state index is 5.79. The third-order valence-electron chi connectivity index (χ3n) is 16.0. The Morgan fingerprint density at radius 1 is 0.459 bits per heavy atom. The van der Waals surface area contributed by atoms with Crippen molar-refractivity contribution in [1.82, 2.24) is 9.13 Å². The molecule has 3 heterocycles.